The van der Waals surface area contributed by atoms with E-state index in [0.29, 0.717) is 25.1 Å². The van der Waals surface area contributed by atoms with E-state index in [-0.39, 0.29) is 11.9 Å². The van der Waals surface area contributed by atoms with Crippen molar-refractivity contribution >= 4 is 11.8 Å². The summed E-state index contributed by atoms with van der Waals surface area (Å²) < 4.78 is 36.2. The van der Waals surface area contributed by atoms with Gasteiger partial charge in [0.2, 0.25) is 5.91 Å². The molecule has 1 aromatic heterocycles. The minimum Gasteiger partial charge on any atom is -0.352 e. The number of alkyl halides is 3. The maximum atomic E-state index is 12.3. The maximum Gasteiger partial charge on any atom is 0.389 e. The van der Waals surface area contributed by atoms with E-state index in [9.17, 15) is 22.8 Å². The van der Waals surface area contributed by atoms with Crippen LogP contribution in [0.4, 0.5) is 13.2 Å². The third kappa shape index (κ3) is 5.22. The fourth-order valence-corrected chi connectivity index (χ4v) is 2.39. The van der Waals surface area contributed by atoms with Gasteiger partial charge in [0.25, 0.3) is 5.91 Å². The highest BCUT2D eigenvalue weighted by Crippen LogP contribution is 2.21. The number of carbonyl (C=O) groups is 2. The second-order valence-electron chi connectivity index (χ2n) is 5.61. The Balaban J connectivity index is 1.82. The molecular weight excluding hydrogens is 311 g/mol. The molecule has 0 unspecified atom stereocenters. The molecule has 2 amide bonds. The van der Waals surface area contributed by atoms with E-state index < -0.39 is 24.9 Å². The number of aromatic nitrogens is 1. The zero-order valence-electron chi connectivity index (χ0n) is 12.7. The monoisotopic (exact) mass is 329 g/mol. The van der Waals surface area contributed by atoms with Gasteiger partial charge in [-0.15, -0.1) is 0 Å². The first-order valence-corrected chi connectivity index (χ1v) is 7.32. The molecular formula is C15H18F3N3O2. The van der Waals surface area contributed by atoms with Crippen LogP contribution >= 0.6 is 0 Å². The fraction of sp³-hybridized carbons (Fsp3) is 0.533. The highest BCUT2D eigenvalue weighted by Gasteiger charge is 2.30. The van der Waals surface area contributed by atoms with Gasteiger partial charge in [0.05, 0.1) is 12.0 Å². The van der Waals surface area contributed by atoms with Crippen molar-refractivity contribution in [1.82, 2.24) is 15.2 Å². The van der Waals surface area contributed by atoms with Crippen LogP contribution in [0.2, 0.25) is 0 Å². The van der Waals surface area contributed by atoms with Gasteiger partial charge in [-0.25, -0.2) is 0 Å². The van der Waals surface area contributed by atoms with Crippen molar-refractivity contribution in [1.29, 1.82) is 0 Å². The molecule has 0 saturated carbocycles. The molecule has 1 aliphatic heterocycles. The molecule has 1 aliphatic rings. The highest BCUT2D eigenvalue weighted by atomic mass is 19.4. The van der Waals surface area contributed by atoms with E-state index in [1.54, 1.807) is 17.0 Å². The van der Waals surface area contributed by atoms with Crippen LogP contribution in [0.15, 0.2) is 18.3 Å². The number of amides is 2. The van der Waals surface area contributed by atoms with E-state index in [0.717, 1.165) is 5.69 Å². The first-order chi connectivity index (χ1) is 10.7. The van der Waals surface area contributed by atoms with Crippen LogP contribution in [0, 0.1) is 6.92 Å². The molecule has 0 radical (unpaired) electrons. The Bertz CT molecular complexity index is 572. The molecule has 8 heteroatoms. The molecule has 126 valence electrons. The summed E-state index contributed by atoms with van der Waals surface area (Å²) in [7, 11) is 0. The molecule has 2 rings (SSSR count). The molecule has 23 heavy (non-hydrogen) atoms. The van der Waals surface area contributed by atoms with Crippen molar-refractivity contribution in [2.45, 2.75) is 38.4 Å². The molecule has 1 saturated heterocycles. The van der Waals surface area contributed by atoms with Crippen LogP contribution in [-0.2, 0) is 4.79 Å². The molecule has 1 fully saturated rings. The quantitative estimate of drug-likeness (QED) is 0.920. The standard InChI is InChI=1S/C15H18F3N3O2/c1-10-2-3-11(8-19-10)14(23)21-7-5-12(9-21)20-13(22)4-6-15(16,17)18/h2-3,8,12H,4-7,9H2,1H3,(H,20,22)/t12-/m1/s1. The number of rotatable bonds is 4. The molecule has 1 atom stereocenters. The molecule has 2 heterocycles. The number of hydrogen-bond acceptors (Lipinski definition) is 3. The van der Waals surface area contributed by atoms with E-state index in [1.807, 2.05) is 6.92 Å². The van der Waals surface area contributed by atoms with Crippen LogP contribution in [0.3, 0.4) is 0 Å². The van der Waals surface area contributed by atoms with Crippen LogP contribution in [0.25, 0.3) is 0 Å². The molecule has 0 aliphatic carbocycles. The second-order valence-corrected chi connectivity index (χ2v) is 5.61. The zero-order valence-corrected chi connectivity index (χ0v) is 12.7. The SMILES string of the molecule is Cc1ccc(C(=O)N2CC[C@@H](NC(=O)CCC(F)(F)F)C2)cn1. The van der Waals surface area contributed by atoms with E-state index in [4.69, 9.17) is 0 Å². The Morgan fingerprint density at radius 2 is 2.13 bits per heavy atom. The number of carbonyl (C=O) groups excluding carboxylic acids is 2. The molecule has 5 nitrogen and oxygen atoms in total. The Morgan fingerprint density at radius 3 is 2.74 bits per heavy atom. The van der Waals surface area contributed by atoms with Crippen molar-refractivity contribution in [2.24, 2.45) is 0 Å². The van der Waals surface area contributed by atoms with Gasteiger partial charge in [-0.3, -0.25) is 14.6 Å². The number of halogens is 3. The highest BCUT2D eigenvalue weighted by molar-refractivity contribution is 5.94. The van der Waals surface area contributed by atoms with Crippen molar-refractivity contribution < 1.29 is 22.8 Å². The number of hydrogen-bond donors (Lipinski definition) is 1. The van der Waals surface area contributed by atoms with Crippen LogP contribution in [0.5, 0.6) is 0 Å². The number of nitrogens with zero attached hydrogens (tertiary/aromatic N) is 2. The summed E-state index contributed by atoms with van der Waals surface area (Å²) in [6.07, 6.45) is -4.04. The lowest BCUT2D eigenvalue weighted by molar-refractivity contribution is -0.144. The van der Waals surface area contributed by atoms with Crippen LogP contribution in [0.1, 0.15) is 35.3 Å². The summed E-state index contributed by atoms with van der Waals surface area (Å²) in [5.74, 6) is -0.830. The topological polar surface area (TPSA) is 62.3 Å². The molecule has 0 aromatic carbocycles. The van der Waals surface area contributed by atoms with Gasteiger partial charge in [-0.2, -0.15) is 13.2 Å². The van der Waals surface area contributed by atoms with Gasteiger partial charge >= 0.3 is 6.18 Å². The third-order valence-corrected chi connectivity index (χ3v) is 3.63. The molecule has 1 aromatic rings. The molecule has 1 N–H and O–H groups in total. The first-order valence-electron chi connectivity index (χ1n) is 7.32. The fourth-order valence-electron chi connectivity index (χ4n) is 2.39. The van der Waals surface area contributed by atoms with Crippen LogP contribution in [-0.4, -0.2) is 47.0 Å². The van der Waals surface area contributed by atoms with Crippen LogP contribution < -0.4 is 5.32 Å². The Morgan fingerprint density at radius 1 is 1.39 bits per heavy atom. The lowest BCUT2D eigenvalue weighted by Crippen LogP contribution is -2.38. The van der Waals surface area contributed by atoms with Crippen molar-refractivity contribution in [3.63, 3.8) is 0 Å². The van der Waals surface area contributed by atoms with Gasteiger partial charge in [-0.05, 0) is 25.5 Å². The second kappa shape index (κ2) is 6.97. The van der Waals surface area contributed by atoms with Gasteiger partial charge in [-0.1, -0.05) is 0 Å². The average Bonchev–Trinajstić information content (AvgIpc) is 2.93. The van der Waals surface area contributed by atoms with E-state index >= 15 is 0 Å². The van der Waals surface area contributed by atoms with Gasteiger partial charge in [0.15, 0.2) is 0 Å². The van der Waals surface area contributed by atoms with E-state index in [2.05, 4.69) is 10.3 Å². The van der Waals surface area contributed by atoms with Gasteiger partial charge in [0, 0.05) is 37.4 Å². The predicted molar refractivity (Wildman–Crippen MR) is 76.7 cm³/mol. The average molecular weight is 329 g/mol. The normalized spacial score (nSPS) is 18.1. The Kier molecular flexibility index (Phi) is 5.23. The minimum atomic E-state index is -4.34. The number of nitrogens with one attached hydrogen (secondary N) is 1. The summed E-state index contributed by atoms with van der Waals surface area (Å²) in [6, 6.07) is 3.11. The van der Waals surface area contributed by atoms with Crippen molar-refractivity contribution in [3.8, 4) is 0 Å². The first kappa shape index (κ1) is 17.2. The third-order valence-electron chi connectivity index (χ3n) is 3.63. The summed E-state index contributed by atoms with van der Waals surface area (Å²) in [5.41, 5.74) is 1.26. The predicted octanol–water partition coefficient (Wildman–Crippen LogP) is 2.06. The lowest BCUT2D eigenvalue weighted by Gasteiger charge is -2.17. The smallest absolute Gasteiger partial charge is 0.352 e. The van der Waals surface area contributed by atoms with E-state index in [1.165, 1.54) is 6.20 Å². The summed E-state index contributed by atoms with van der Waals surface area (Å²) in [5, 5.41) is 2.55. The number of pyridine rings is 1. The Labute approximate surface area is 131 Å². The molecule has 0 spiro atoms. The molecule has 0 bridgehead atoms. The number of likely N-dealkylation sites (tertiary alicyclic amines) is 1. The maximum absolute atomic E-state index is 12.3. The zero-order chi connectivity index (χ0) is 17.0. The largest absolute Gasteiger partial charge is 0.389 e. The van der Waals surface area contributed by atoms with Crippen molar-refractivity contribution in [2.75, 3.05) is 13.1 Å². The van der Waals surface area contributed by atoms with Gasteiger partial charge in [0.1, 0.15) is 0 Å². The minimum absolute atomic E-state index is 0.190. The lowest BCUT2D eigenvalue weighted by atomic mass is 10.2. The van der Waals surface area contributed by atoms with Crippen molar-refractivity contribution in [3.05, 3.63) is 29.6 Å². The summed E-state index contributed by atoms with van der Waals surface area (Å²) in [6.45, 7) is 2.57. The van der Waals surface area contributed by atoms with Gasteiger partial charge < -0.3 is 10.2 Å². The summed E-state index contributed by atoms with van der Waals surface area (Å²) >= 11 is 0. The Hall–Kier alpha value is -2.12. The summed E-state index contributed by atoms with van der Waals surface area (Å²) in [4.78, 5) is 29.4. The number of aryl methyl sites for hydroxylation is 1.